The van der Waals surface area contributed by atoms with Crippen molar-refractivity contribution >= 4 is 46.6 Å². The van der Waals surface area contributed by atoms with Gasteiger partial charge in [-0.2, -0.15) is 11.8 Å². The predicted molar refractivity (Wildman–Crippen MR) is 89.0 cm³/mol. The van der Waals surface area contributed by atoms with Crippen molar-refractivity contribution in [1.82, 2.24) is 9.55 Å². The number of benzene rings is 1. The fourth-order valence-corrected chi connectivity index (χ4v) is 3.73. The minimum absolute atomic E-state index is 0.232. The van der Waals surface area contributed by atoms with E-state index in [9.17, 15) is 0 Å². The maximum Gasteiger partial charge on any atom is 0.178 e. The van der Waals surface area contributed by atoms with Gasteiger partial charge in [-0.1, -0.05) is 31.5 Å². The second kappa shape index (κ2) is 5.90. The standard InChI is InChI=1S/C14H19ClN2S2/c1-4-14(5-2,19-3)9-17-11-8-6-7-10(15)12(11)16-13(17)18/h6-8H,4-5,9H2,1-3H3,(H,16,18). The summed E-state index contributed by atoms with van der Waals surface area (Å²) in [5, 5.41) is 0.727. The summed E-state index contributed by atoms with van der Waals surface area (Å²) in [7, 11) is 0. The first-order chi connectivity index (χ1) is 9.06. The Labute approximate surface area is 128 Å². The van der Waals surface area contributed by atoms with Gasteiger partial charge in [0.1, 0.15) is 0 Å². The smallest absolute Gasteiger partial charge is 0.178 e. The number of aromatic amines is 1. The van der Waals surface area contributed by atoms with Crippen LogP contribution < -0.4 is 0 Å². The Morgan fingerprint density at radius 3 is 2.63 bits per heavy atom. The molecular formula is C14H19ClN2S2. The van der Waals surface area contributed by atoms with Crippen molar-refractivity contribution < 1.29 is 0 Å². The Kier molecular flexibility index (Phi) is 4.64. The number of H-pyrrole nitrogens is 1. The Bertz CT molecular complexity index is 618. The zero-order valence-electron chi connectivity index (χ0n) is 11.5. The Morgan fingerprint density at radius 2 is 2.05 bits per heavy atom. The second-order valence-electron chi connectivity index (χ2n) is 4.74. The number of fused-ring (bicyclic) bond motifs is 1. The molecule has 1 heterocycles. The van der Waals surface area contributed by atoms with E-state index < -0.39 is 0 Å². The van der Waals surface area contributed by atoms with Crippen molar-refractivity contribution in [2.75, 3.05) is 6.26 Å². The lowest BCUT2D eigenvalue weighted by Crippen LogP contribution is -2.29. The van der Waals surface area contributed by atoms with E-state index >= 15 is 0 Å². The van der Waals surface area contributed by atoms with Gasteiger partial charge in [-0.25, -0.2) is 0 Å². The fraction of sp³-hybridized carbons (Fsp3) is 0.500. The molecule has 1 aromatic carbocycles. The summed E-state index contributed by atoms with van der Waals surface area (Å²) in [4.78, 5) is 3.23. The van der Waals surface area contributed by atoms with Crippen LogP contribution in [-0.4, -0.2) is 20.6 Å². The number of imidazole rings is 1. The van der Waals surface area contributed by atoms with E-state index in [0.717, 1.165) is 40.2 Å². The molecule has 0 aliphatic rings. The van der Waals surface area contributed by atoms with Crippen molar-refractivity contribution in [2.45, 2.75) is 38.0 Å². The molecule has 0 unspecified atom stereocenters. The number of para-hydroxylation sites is 1. The second-order valence-corrected chi connectivity index (χ2v) is 6.81. The third-order valence-corrected chi connectivity index (χ3v) is 6.14. The van der Waals surface area contributed by atoms with Crippen LogP contribution in [-0.2, 0) is 6.54 Å². The quantitative estimate of drug-likeness (QED) is 0.758. The Hall–Kier alpha value is -0.450. The summed E-state index contributed by atoms with van der Waals surface area (Å²) in [6, 6.07) is 5.94. The summed E-state index contributed by atoms with van der Waals surface area (Å²) < 4.78 is 3.17. The van der Waals surface area contributed by atoms with Gasteiger partial charge in [-0.05, 0) is 43.4 Å². The van der Waals surface area contributed by atoms with E-state index in [2.05, 4.69) is 35.7 Å². The van der Waals surface area contributed by atoms with Gasteiger partial charge in [0.05, 0.1) is 16.1 Å². The Morgan fingerprint density at radius 1 is 1.37 bits per heavy atom. The number of nitrogens with one attached hydrogen (secondary N) is 1. The molecule has 1 aromatic heterocycles. The lowest BCUT2D eigenvalue weighted by molar-refractivity contribution is 0.470. The summed E-state index contributed by atoms with van der Waals surface area (Å²) in [5.74, 6) is 0. The third-order valence-electron chi connectivity index (χ3n) is 3.93. The van der Waals surface area contributed by atoms with E-state index in [4.69, 9.17) is 23.8 Å². The molecule has 0 saturated carbocycles. The molecule has 5 heteroatoms. The monoisotopic (exact) mass is 314 g/mol. The van der Waals surface area contributed by atoms with Crippen molar-refractivity contribution in [2.24, 2.45) is 0 Å². The van der Waals surface area contributed by atoms with Gasteiger partial charge in [0.15, 0.2) is 4.77 Å². The highest BCUT2D eigenvalue weighted by atomic mass is 35.5. The summed E-state index contributed by atoms with van der Waals surface area (Å²) in [5.41, 5.74) is 2.04. The van der Waals surface area contributed by atoms with Gasteiger partial charge in [-0.15, -0.1) is 0 Å². The number of hydrogen-bond donors (Lipinski definition) is 1. The number of halogens is 1. The van der Waals surface area contributed by atoms with Crippen LogP contribution in [0.2, 0.25) is 5.02 Å². The minimum atomic E-state index is 0.232. The highest BCUT2D eigenvalue weighted by molar-refractivity contribution is 8.00. The minimum Gasteiger partial charge on any atom is -0.329 e. The molecule has 0 amide bonds. The van der Waals surface area contributed by atoms with Crippen LogP contribution in [0.5, 0.6) is 0 Å². The van der Waals surface area contributed by atoms with Gasteiger partial charge >= 0.3 is 0 Å². The molecule has 0 radical (unpaired) electrons. The normalized spacial score (nSPS) is 12.2. The van der Waals surface area contributed by atoms with Gasteiger partial charge in [-0.3, -0.25) is 0 Å². The number of rotatable bonds is 5. The maximum atomic E-state index is 6.22. The van der Waals surface area contributed by atoms with Crippen LogP contribution in [0.4, 0.5) is 0 Å². The first kappa shape index (κ1) is 14.9. The van der Waals surface area contributed by atoms with E-state index in [1.807, 2.05) is 23.9 Å². The molecule has 104 valence electrons. The molecule has 0 saturated heterocycles. The maximum absolute atomic E-state index is 6.22. The molecule has 0 aliphatic heterocycles. The lowest BCUT2D eigenvalue weighted by Gasteiger charge is -2.30. The SMILES string of the molecule is CCC(CC)(Cn1c(=S)[nH]c2c(Cl)cccc21)SC. The average Bonchev–Trinajstić information content (AvgIpc) is 2.74. The van der Waals surface area contributed by atoms with Gasteiger partial charge in [0, 0.05) is 11.3 Å². The number of aromatic nitrogens is 2. The van der Waals surface area contributed by atoms with Crippen LogP contribution >= 0.6 is 35.6 Å². The fourth-order valence-electron chi connectivity index (χ4n) is 2.42. The van der Waals surface area contributed by atoms with Gasteiger partial charge < -0.3 is 9.55 Å². The molecule has 0 aliphatic carbocycles. The van der Waals surface area contributed by atoms with Crippen LogP contribution in [0.15, 0.2) is 18.2 Å². The van der Waals surface area contributed by atoms with Crippen LogP contribution in [0.1, 0.15) is 26.7 Å². The number of thioether (sulfide) groups is 1. The molecular weight excluding hydrogens is 296 g/mol. The van der Waals surface area contributed by atoms with Crippen molar-refractivity contribution in [3.8, 4) is 0 Å². The highest BCUT2D eigenvalue weighted by Gasteiger charge is 2.26. The zero-order valence-corrected chi connectivity index (χ0v) is 13.9. The first-order valence-corrected chi connectivity index (χ1v) is 8.50. The molecule has 2 nitrogen and oxygen atoms in total. The first-order valence-electron chi connectivity index (χ1n) is 6.49. The molecule has 0 fully saturated rings. The van der Waals surface area contributed by atoms with E-state index in [1.165, 1.54) is 0 Å². The van der Waals surface area contributed by atoms with Crippen molar-refractivity contribution in [1.29, 1.82) is 0 Å². The summed E-state index contributed by atoms with van der Waals surface area (Å²) in [6.07, 6.45) is 4.43. The number of hydrogen-bond acceptors (Lipinski definition) is 2. The molecule has 19 heavy (non-hydrogen) atoms. The van der Waals surface area contributed by atoms with Crippen LogP contribution in [0, 0.1) is 4.77 Å². The number of nitrogens with zero attached hydrogens (tertiary/aromatic N) is 1. The summed E-state index contributed by atoms with van der Waals surface area (Å²) >= 11 is 13.6. The van der Waals surface area contributed by atoms with Gasteiger partial charge in [0.2, 0.25) is 0 Å². The largest absolute Gasteiger partial charge is 0.329 e. The highest BCUT2D eigenvalue weighted by Crippen LogP contribution is 2.34. The van der Waals surface area contributed by atoms with Crippen LogP contribution in [0.25, 0.3) is 11.0 Å². The van der Waals surface area contributed by atoms with Crippen molar-refractivity contribution in [3.05, 3.63) is 28.0 Å². The van der Waals surface area contributed by atoms with Gasteiger partial charge in [0.25, 0.3) is 0 Å². The van der Waals surface area contributed by atoms with Crippen molar-refractivity contribution in [3.63, 3.8) is 0 Å². The molecule has 0 atom stereocenters. The predicted octanol–water partition coefficient (Wildman–Crippen LogP) is 5.27. The molecule has 1 N–H and O–H groups in total. The lowest BCUT2D eigenvalue weighted by atomic mass is 10.0. The Balaban J connectivity index is 2.54. The van der Waals surface area contributed by atoms with E-state index in [1.54, 1.807) is 0 Å². The third kappa shape index (κ3) is 2.71. The molecule has 0 bridgehead atoms. The van der Waals surface area contributed by atoms with Crippen LogP contribution in [0.3, 0.4) is 0 Å². The van der Waals surface area contributed by atoms with E-state index in [0.29, 0.717) is 0 Å². The average molecular weight is 315 g/mol. The zero-order chi connectivity index (χ0) is 14.0. The summed E-state index contributed by atoms with van der Waals surface area (Å²) in [6.45, 7) is 5.40. The molecule has 2 aromatic rings. The molecule has 2 rings (SSSR count). The van der Waals surface area contributed by atoms with E-state index in [-0.39, 0.29) is 4.75 Å². The topological polar surface area (TPSA) is 20.7 Å². The molecule has 0 spiro atoms.